The van der Waals surface area contributed by atoms with Crippen LogP contribution in [0.2, 0.25) is 0 Å². The lowest BCUT2D eigenvalue weighted by Crippen LogP contribution is -2.10. The summed E-state index contributed by atoms with van der Waals surface area (Å²) in [5, 5.41) is 9.83. The molecule has 0 aliphatic carbocycles. The molecule has 1 atom stereocenters. The zero-order valence-electron chi connectivity index (χ0n) is 10.1. The Morgan fingerprint density at radius 2 is 1.85 bits per heavy atom. The van der Waals surface area contributed by atoms with Gasteiger partial charge in [0.1, 0.15) is 11.2 Å². The SMILES string of the molecule is O=C(c1ccc(F)cc1[N+](=O)[O-])C(Cl)c1ccccc1. The average molecular weight is 294 g/mol. The molecule has 0 N–H and O–H groups in total. The van der Waals surface area contributed by atoms with Gasteiger partial charge in [0.15, 0.2) is 5.78 Å². The summed E-state index contributed by atoms with van der Waals surface area (Å²) in [6.45, 7) is 0. The molecule has 2 rings (SSSR count). The summed E-state index contributed by atoms with van der Waals surface area (Å²) in [5.74, 6) is -1.41. The van der Waals surface area contributed by atoms with Crippen molar-refractivity contribution in [2.75, 3.05) is 0 Å². The molecule has 0 radical (unpaired) electrons. The Bertz CT molecular complexity index is 661. The van der Waals surface area contributed by atoms with E-state index in [0.29, 0.717) is 11.6 Å². The van der Waals surface area contributed by atoms with E-state index >= 15 is 0 Å². The Kier molecular flexibility index (Phi) is 4.10. The van der Waals surface area contributed by atoms with Crippen LogP contribution in [0.4, 0.5) is 10.1 Å². The highest BCUT2D eigenvalue weighted by atomic mass is 35.5. The summed E-state index contributed by atoms with van der Waals surface area (Å²) < 4.78 is 13.0. The van der Waals surface area contributed by atoms with Gasteiger partial charge in [-0.2, -0.15) is 0 Å². The molecule has 0 saturated heterocycles. The first-order chi connectivity index (χ1) is 9.50. The third-order valence-corrected chi connectivity index (χ3v) is 3.19. The number of benzene rings is 2. The Balaban J connectivity index is 2.41. The fraction of sp³-hybridized carbons (Fsp3) is 0.0714. The highest BCUT2D eigenvalue weighted by molar-refractivity contribution is 6.34. The van der Waals surface area contributed by atoms with Crippen molar-refractivity contribution >= 4 is 23.1 Å². The lowest BCUT2D eigenvalue weighted by atomic mass is 10.0. The van der Waals surface area contributed by atoms with Crippen molar-refractivity contribution in [3.8, 4) is 0 Å². The van der Waals surface area contributed by atoms with Crippen LogP contribution in [-0.2, 0) is 0 Å². The predicted octanol–water partition coefficient (Wildman–Crippen LogP) is 3.90. The van der Waals surface area contributed by atoms with Crippen molar-refractivity contribution in [2.45, 2.75) is 5.38 Å². The molecular weight excluding hydrogens is 285 g/mol. The summed E-state index contributed by atoms with van der Waals surface area (Å²) in [4.78, 5) is 22.3. The van der Waals surface area contributed by atoms with Crippen LogP contribution in [0, 0.1) is 15.9 Å². The van der Waals surface area contributed by atoms with E-state index in [-0.39, 0.29) is 5.56 Å². The van der Waals surface area contributed by atoms with E-state index < -0.39 is 27.6 Å². The number of Topliss-reactive ketones (excluding diaryl/α,β-unsaturated/α-hetero) is 1. The monoisotopic (exact) mass is 293 g/mol. The van der Waals surface area contributed by atoms with E-state index in [9.17, 15) is 19.3 Å². The molecule has 20 heavy (non-hydrogen) atoms. The maximum absolute atomic E-state index is 13.0. The highest BCUT2D eigenvalue weighted by Gasteiger charge is 2.27. The van der Waals surface area contributed by atoms with E-state index in [4.69, 9.17) is 11.6 Å². The van der Waals surface area contributed by atoms with E-state index in [1.54, 1.807) is 30.3 Å². The number of halogens is 2. The maximum Gasteiger partial charge on any atom is 0.283 e. The van der Waals surface area contributed by atoms with Gasteiger partial charge in [-0.25, -0.2) is 4.39 Å². The lowest BCUT2D eigenvalue weighted by Gasteiger charge is -2.09. The first-order valence-corrected chi connectivity index (χ1v) is 6.11. The smallest absolute Gasteiger partial charge is 0.283 e. The number of carbonyl (C=O) groups excluding carboxylic acids is 1. The van der Waals surface area contributed by atoms with Crippen molar-refractivity contribution in [2.24, 2.45) is 0 Å². The molecule has 0 saturated carbocycles. The first kappa shape index (κ1) is 14.1. The Hall–Kier alpha value is -2.27. The number of alkyl halides is 1. The van der Waals surface area contributed by atoms with E-state index in [1.807, 2.05) is 0 Å². The van der Waals surface area contributed by atoms with Crippen LogP contribution in [0.1, 0.15) is 21.3 Å². The number of nitro benzene ring substituents is 1. The molecule has 2 aromatic carbocycles. The van der Waals surface area contributed by atoms with E-state index in [2.05, 4.69) is 0 Å². The second-order valence-corrected chi connectivity index (χ2v) is 4.49. The van der Waals surface area contributed by atoms with Crippen molar-refractivity contribution in [3.63, 3.8) is 0 Å². The number of hydrogen-bond acceptors (Lipinski definition) is 3. The van der Waals surface area contributed by atoms with Gasteiger partial charge in [0, 0.05) is 0 Å². The van der Waals surface area contributed by atoms with Gasteiger partial charge in [-0.15, -0.1) is 11.6 Å². The molecule has 6 heteroatoms. The molecule has 0 aliphatic heterocycles. The fourth-order valence-corrected chi connectivity index (χ4v) is 2.04. The third kappa shape index (κ3) is 2.83. The minimum absolute atomic E-state index is 0.208. The number of hydrogen-bond donors (Lipinski definition) is 0. The summed E-state index contributed by atoms with van der Waals surface area (Å²) in [6.07, 6.45) is 0. The second-order valence-electron chi connectivity index (χ2n) is 4.06. The number of nitrogens with zero attached hydrogens (tertiary/aromatic N) is 1. The molecule has 0 spiro atoms. The minimum Gasteiger partial charge on any atom is -0.292 e. The second kappa shape index (κ2) is 5.79. The van der Waals surface area contributed by atoms with Gasteiger partial charge in [0.05, 0.1) is 16.6 Å². The van der Waals surface area contributed by atoms with Gasteiger partial charge in [-0.3, -0.25) is 14.9 Å². The van der Waals surface area contributed by atoms with Crippen LogP contribution in [0.3, 0.4) is 0 Å². The van der Waals surface area contributed by atoms with Crippen LogP contribution in [0.15, 0.2) is 48.5 Å². The topological polar surface area (TPSA) is 60.2 Å². The van der Waals surface area contributed by atoms with Gasteiger partial charge in [-0.05, 0) is 17.7 Å². The van der Waals surface area contributed by atoms with Crippen LogP contribution >= 0.6 is 11.6 Å². The zero-order valence-corrected chi connectivity index (χ0v) is 10.9. The molecule has 0 aromatic heterocycles. The third-order valence-electron chi connectivity index (χ3n) is 2.74. The van der Waals surface area contributed by atoms with Gasteiger partial charge in [0.25, 0.3) is 5.69 Å². The number of carbonyl (C=O) groups is 1. The van der Waals surface area contributed by atoms with Crippen LogP contribution in [0.25, 0.3) is 0 Å². The standard InChI is InChI=1S/C14H9ClFNO3/c15-13(9-4-2-1-3-5-9)14(18)11-7-6-10(16)8-12(11)17(19)20/h1-8,13H. The fourth-order valence-electron chi connectivity index (χ4n) is 1.77. The largest absolute Gasteiger partial charge is 0.292 e. The Labute approximate surface area is 119 Å². The molecule has 0 bridgehead atoms. The molecule has 1 unspecified atom stereocenters. The normalized spacial score (nSPS) is 11.9. The first-order valence-electron chi connectivity index (χ1n) is 5.68. The Morgan fingerprint density at radius 3 is 2.45 bits per heavy atom. The summed E-state index contributed by atoms with van der Waals surface area (Å²) in [5.41, 5.74) is -0.269. The molecule has 0 aliphatic rings. The molecule has 0 fully saturated rings. The predicted molar refractivity (Wildman–Crippen MR) is 72.4 cm³/mol. The van der Waals surface area contributed by atoms with E-state index in [0.717, 1.165) is 12.1 Å². The molecule has 4 nitrogen and oxygen atoms in total. The number of nitro groups is 1. The van der Waals surface area contributed by atoms with Crippen molar-refractivity contribution < 1.29 is 14.1 Å². The van der Waals surface area contributed by atoms with Crippen molar-refractivity contribution in [1.82, 2.24) is 0 Å². The van der Waals surface area contributed by atoms with Crippen LogP contribution in [-0.4, -0.2) is 10.7 Å². The summed E-state index contributed by atoms with van der Waals surface area (Å²) in [6, 6.07) is 11.2. The molecule has 0 amide bonds. The van der Waals surface area contributed by atoms with Gasteiger partial charge < -0.3 is 0 Å². The zero-order chi connectivity index (χ0) is 14.7. The lowest BCUT2D eigenvalue weighted by molar-refractivity contribution is -0.385. The highest BCUT2D eigenvalue weighted by Crippen LogP contribution is 2.29. The minimum atomic E-state index is -1.06. The number of ketones is 1. The molecular formula is C14H9ClFNO3. The van der Waals surface area contributed by atoms with Gasteiger partial charge >= 0.3 is 0 Å². The van der Waals surface area contributed by atoms with Crippen LogP contribution < -0.4 is 0 Å². The van der Waals surface area contributed by atoms with Crippen LogP contribution in [0.5, 0.6) is 0 Å². The molecule has 0 heterocycles. The average Bonchev–Trinajstić information content (AvgIpc) is 2.46. The van der Waals surface area contributed by atoms with Gasteiger partial charge in [0.2, 0.25) is 0 Å². The van der Waals surface area contributed by atoms with Gasteiger partial charge in [-0.1, -0.05) is 30.3 Å². The summed E-state index contributed by atoms with van der Waals surface area (Å²) in [7, 11) is 0. The molecule has 102 valence electrons. The van der Waals surface area contributed by atoms with E-state index in [1.165, 1.54) is 0 Å². The quantitative estimate of drug-likeness (QED) is 0.372. The van der Waals surface area contributed by atoms with Crippen molar-refractivity contribution in [1.29, 1.82) is 0 Å². The Morgan fingerprint density at radius 1 is 1.20 bits per heavy atom. The summed E-state index contributed by atoms with van der Waals surface area (Å²) >= 11 is 6.04. The molecule has 2 aromatic rings. The van der Waals surface area contributed by atoms with Crippen molar-refractivity contribution in [3.05, 3.63) is 75.6 Å². The number of rotatable bonds is 4. The maximum atomic E-state index is 13.0.